The van der Waals surface area contributed by atoms with Crippen LogP contribution in [0.1, 0.15) is 0 Å². The molecule has 0 aliphatic heterocycles. The monoisotopic (exact) mass is 217 g/mol. The van der Waals surface area contributed by atoms with Crippen LogP contribution in [0.3, 0.4) is 0 Å². The first-order valence-electron chi connectivity index (χ1n) is 4.75. The summed E-state index contributed by atoms with van der Waals surface area (Å²) in [5.41, 5.74) is 1.45. The van der Waals surface area contributed by atoms with E-state index in [1.807, 2.05) is 0 Å². The maximum absolute atomic E-state index is 13.0. The minimum atomic E-state index is -1.53. The van der Waals surface area contributed by atoms with E-state index in [-0.39, 0.29) is 5.82 Å². The van der Waals surface area contributed by atoms with Crippen LogP contribution in [-0.2, 0) is 0 Å². The van der Waals surface area contributed by atoms with Gasteiger partial charge in [0.1, 0.15) is 5.82 Å². The molecule has 0 saturated heterocycles. The molecule has 2 N–H and O–H groups in total. The number of pyridine rings is 1. The topological polar surface area (TPSA) is 53.4 Å². The van der Waals surface area contributed by atoms with Crippen molar-refractivity contribution in [1.29, 1.82) is 0 Å². The zero-order chi connectivity index (χ0) is 11.5. The second-order valence-corrected chi connectivity index (χ2v) is 3.36. The molecule has 1 heterocycles. The average Bonchev–Trinajstić information content (AvgIpc) is 2.29. The van der Waals surface area contributed by atoms with Crippen molar-refractivity contribution in [2.75, 3.05) is 0 Å². The number of aromatic nitrogens is 1. The molecule has 0 saturated carbocycles. The molecule has 2 aromatic rings. The summed E-state index contributed by atoms with van der Waals surface area (Å²) in [7, 11) is -1.53. The van der Waals surface area contributed by atoms with Crippen LogP contribution in [0.4, 0.5) is 4.39 Å². The van der Waals surface area contributed by atoms with Crippen molar-refractivity contribution in [2.24, 2.45) is 0 Å². The van der Waals surface area contributed by atoms with Gasteiger partial charge in [0, 0.05) is 12.3 Å². The molecule has 1 aromatic carbocycles. The van der Waals surface area contributed by atoms with Gasteiger partial charge in [-0.25, -0.2) is 4.39 Å². The quantitative estimate of drug-likeness (QED) is 0.723. The van der Waals surface area contributed by atoms with Gasteiger partial charge in [0.15, 0.2) is 0 Å². The predicted octanol–water partition coefficient (Wildman–Crippen LogP) is 0.567. The highest BCUT2D eigenvalue weighted by Gasteiger charge is 2.11. The third kappa shape index (κ3) is 2.26. The van der Waals surface area contributed by atoms with Gasteiger partial charge in [-0.1, -0.05) is 24.3 Å². The Bertz CT molecular complexity index is 505. The Balaban J connectivity index is 2.44. The highest BCUT2D eigenvalue weighted by Crippen LogP contribution is 2.15. The fourth-order valence-corrected chi connectivity index (χ4v) is 1.42. The fraction of sp³-hybridized carbons (Fsp3) is 0. The van der Waals surface area contributed by atoms with E-state index in [9.17, 15) is 4.39 Å². The van der Waals surface area contributed by atoms with Crippen molar-refractivity contribution in [3.63, 3.8) is 0 Å². The predicted molar refractivity (Wildman–Crippen MR) is 59.5 cm³/mol. The van der Waals surface area contributed by atoms with Gasteiger partial charge in [-0.15, -0.1) is 0 Å². The molecule has 0 amide bonds. The minimum absolute atomic E-state index is 0.351. The number of hydrogen-bond acceptors (Lipinski definition) is 3. The summed E-state index contributed by atoms with van der Waals surface area (Å²) >= 11 is 0. The van der Waals surface area contributed by atoms with E-state index in [0.29, 0.717) is 16.7 Å². The summed E-state index contributed by atoms with van der Waals surface area (Å²) < 4.78 is 13.0. The molecule has 0 radical (unpaired) electrons. The maximum Gasteiger partial charge on any atom is 0.488 e. The van der Waals surface area contributed by atoms with Crippen molar-refractivity contribution in [3.05, 3.63) is 48.4 Å². The number of benzene rings is 1. The summed E-state index contributed by atoms with van der Waals surface area (Å²) in [6.45, 7) is 0. The van der Waals surface area contributed by atoms with Crippen molar-refractivity contribution in [1.82, 2.24) is 4.98 Å². The summed E-state index contributed by atoms with van der Waals surface area (Å²) in [6.07, 6.45) is 1.37. The summed E-state index contributed by atoms with van der Waals surface area (Å²) in [5.74, 6) is -0.375. The normalized spacial score (nSPS) is 10.2. The Morgan fingerprint density at radius 3 is 2.62 bits per heavy atom. The molecule has 0 aliphatic rings. The molecule has 16 heavy (non-hydrogen) atoms. The van der Waals surface area contributed by atoms with Gasteiger partial charge in [-0.05, 0) is 17.1 Å². The first-order valence-corrected chi connectivity index (χ1v) is 4.75. The highest BCUT2D eigenvalue weighted by atomic mass is 19.1. The lowest BCUT2D eigenvalue weighted by molar-refractivity contribution is 0.426. The van der Waals surface area contributed by atoms with Crippen LogP contribution in [0.5, 0.6) is 0 Å². The van der Waals surface area contributed by atoms with Gasteiger partial charge >= 0.3 is 7.12 Å². The second-order valence-electron chi connectivity index (χ2n) is 3.36. The zero-order valence-electron chi connectivity index (χ0n) is 8.34. The number of rotatable bonds is 2. The zero-order valence-corrected chi connectivity index (χ0v) is 8.34. The molecule has 0 bridgehead atoms. The summed E-state index contributed by atoms with van der Waals surface area (Å²) in [4.78, 5) is 4.01. The van der Waals surface area contributed by atoms with Gasteiger partial charge < -0.3 is 10.0 Å². The highest BCUT2D eigenvalue weighted by molar-refractivity contribution is 6.58. The molecule has 1 aromatic heterocycles. The average molecular weight is 217 g/mol. The van der Waals surface area contributed by atoms with Gasteiger partial charge in [-0.3, -0.25) is 4.98 Å². The summed E-state index contributed by atoms with van der Waals surface area (Å²) in [5, 5.41) is 18.0. The lowest BCUT2D eigenvalue weighted by atomic mass is 9.79. The van der Waals surface area contributed by atoms with Crippen LogP contribution in [0.2, 0.25) is 0 Å². The minimum Gasteiger partial charge on any atom is -0.423 e. The van der Waals surface area contributed by atoms with Crippen LogP contribution in [-0.4, -0.2) is 22.2 Å². The van der Waals surface area contributed by atoms with Crippen LogP contribution in [0.25, 0.3) is 11.3 Å². The second kappa shape index (κ2) is 4.43. The standard InChI is InChI=1S/C11H9BFNO2/c13-10-4-5-14-11(7-10)8-2-1-3-9(6-8)12(15)16/h1-7,15-16H. The largest absolute Gasteiger partial charge is 0.488 e. The number of hydrogen-bond donors (Lipinski definition) is 2. The van der Waals surface area contributed by atoms with Crippen molar-refractivity contribution in [3.8, 4) is 11.3 Å². The van der Waals surface area contributed by atoms with E-state index in [4.69, 9.17) is 10.0 Å². The molecule has 3 nitrogen and oxygen atoms in total. The molecule has 0 atom stereocenters. The maximum atomic E-state index is 13.0. The van der Waals surface area contributed by atoms with Crippen LogP contribution >= 0.6 is 0 Å². The van der Waals surface area contributed by atoms with Gasteiger partial charge in [0.05, 0.1) is 5.69 Å². The van der Waals surface area contributed by atoms with E-state index in [1.54, 1.807) is 24.3 Å². The summed E-state index contributed by atoms with van der Waals surface area (Å²) in [6, 6.07) is 9.08. The Hall–Kier alpha value is -1.72. The van der Waals surface area contributed by atoms with E-state index < -0.39 is 7.12 Å². The lowest BCUT2D eigenvalue weighted by Crippen LogP contribution is -2.29. The molecule has 80 valence electrons. The first kappa shape index (κ1) is 10.8. The number of halogens is 1. The molecular weight excluding hydrogens is 208 g/mol. The Morgan fingerprint density at radius 2 is 1.94 bits per heavy atom. The van der Waals surface area contributed by atoms with E-state index in [1.165, 1.54) is 18.3 Å². The molecule has 0 unspecified atom stereocenters. The van der Waals surface area contributed by atoms with Crippen LogP contribution < -0.4 is 5.46 Å². The van der Waals surface area contributed by atoms with Crippen LogP contribution in [0.15, 0.2) is 42.6 Å². The Morgan fingerprint density at radius 1 is 1.12 bits per heavy atom. The van der Waals surface area contributed by atoms with Gasteiger partial charge in [-0.2, -0.15) is 0 Å². The van der Waals surface area contributed by atoms with E-state index in [2.05, 4.69) is 4.98 Å². The van der Waals surface area contributed by atoms with Gasteiger partial charge in [0.25, 0.3) is 0 Å². The first-order chi connectivity index (χ1) is 7.66. The van der Waals surface area contributed by atoms with Crippen LogP contribution in [0, 0.1) is 5.82 Å². The van der Waals surface area contributed by atoms with Crippen molar-refractivity contribution >= 4 is 12.6 Å². The van der Waals surface area contributed by atoms with E-state index in [0.717, 1.165) is 0 Å². The molecule has 0 spiro atoms. The Kier molecular flexibility index (Phi) is 2.98. The molecule has 0 fully saturated rings. The van der Waals surface area contributed by atoms with Gasteiger partial charge in [0.2, 0.25) is 0 Å². The van der Waals surface area contributed by atoms with Crippen molar-refractivity contribution in [2.45, 2.75) is 0 Å². The Labute approximate surface area is 92.4 Å². The SMILES string of the molecule is OB(O)c1cccc(-c2cc(F)ccn2)c1. The molecule has 0 aliphatic carbocycles. The molecule has 5 heteroatoms. The fourth-order valence-electron chi connectivity index (χ4n) is 1.42. The third-order valence-electron chi connectivity index (χ3n) is 2.20. The van der Waals surface area contributed by atoms with E-state index >= 15 is 0 Å². The molecule has 2 rings (SSSR count). The molecular formula is C11H9BFNO2. The smallest absolute Gasteiger partial charge is 0.423 e. The lowest BCUT2D eigenvalue weighted by Gasteiger charge is -2.04. The van der Waals surface area contributed by atoms with Crippen molar-refractivity contribution < 1.29 is 14.4 Å². The number of nitrogens with zero attached hydrogens (tertiary/aromatic N) is 1. The third-order valence-corrected chi connectivity index (χ3v) is 2.20.